The molecule has 2 aromatic rings. The molecule has 0 amide bonds. The van der Waals surface area contributed by atoms with E-state index in [1.165, 1.54) is 5.00 Å². The van der Waals surface area contributed by atoms with Crippen molar-refractivity contribution in [3.8, 4) is 6.07 Å². The third-order valence-electron chi connectivity index (χ3n) is 4.20. The molecule has 1 aliphatic heterocycles. The summed E-state index contributed by atoms with van der Waals surface area (Å²) in [5.74, 6) is 0.954. The molecule has 1 N–H and O–H groups in total. The van der Waals surface area contributed by atoms with Crippen LogP contribution in [0.25, 0.3) is 0 Å². The summed E-state index contributed by atoms with van der Waals surface area (Å²) in [6.07, 6.45) is 0. The molecule has 0 aliphatic carbocycles. The van der Waals surface area contributed by atoms with Crippen molar-refractivity contribution in [1.82, 2.24) is 10.2 Å². The van der Waals surface area contributed by atoms with Gasteiger partial charge in [0.25, 0.3) is 0 Å². The number of guanidine groups is 1. The molecule has 1 aliphatic rings. The molecule has 1 aromatic heterocycles. The van der Waals surface area contributed by atoms with Gasteiger partial charge >= 0.3 is 0 Å². The van der Waals surface area contributed by atoms with Crippen molar-refractivity contribution in [1.29, 1.82) is 5.26 Å². The predicted octanol–water partition coefficient (Wildman–Crippen LogP) is 3.53. The number of nitriles is 1. The average Bonchev–Trinajstić information content (AvgIpc) is 3.20. The first-order valence-corrected chi connectivity index (χ1v) is 9.49. The second-order valence-electron chi connectivity index (χ2n) is 5.91. The smallest absolute Gasteiger partial charge is 0.194 e. The molecule has 3 rings (SSSR count). The molecule has 5 nitrogen and oxygen atoms in total. The van der Waals surface area contributed by atoms with Crippen LogP contribution in [0.2, 0.25) is 0 Å². The molecule has 1 fully saturated rings. The number of rotatable bonds is 4. The lowest BCUT2D eigenvalue weighted by Crippen LogP contribution is -2.52. The summed E-state index contributed by atoms with van der Waals surface area (Å²) in [6.45, 7) is 7.46. The van der Waals surface area contributed by atoms with Crippen molar-refractivity contribution in [3.05, 3.63) is 52.9 Å². The maximum atomic E-state index is 9.02. The summed E-state index contributed by atoms with van der Waals surface area (Å²) in [5.41, 5.74) is 1.74. The second kappa shape index (κ2) is 10.4. The second-order valence-corrected chi connectivity index (χ2v) is 6.83. The number of benzene rings is 1. The lowest BCUT2D eigenvalue weighted by molar-refractivity contribution is 0.373. The molecule has 0 saturated carbocycles. The fraction of sp³-hybridized carbons (Fsp3) is 0.368. The first-order valence-electron chi connectivity index (χ1n) is 8.61. The van der Waals surface area contributed by atoms with Gasteiger partial charge in [-0.2, -0.15) is 5.26 Å². The zero-order chi connectivity index (χ0) is 17.5. The van der Waals surface area contributed by atoms with Crippen LogP contribution in [0, 0.1) is 11.3 Å². The number of hydrogen-bond acceptors (Lipinski definition) is 4. The van der Waals surface area contributed by atoms with Crippen LogP contribution in [-0.4, -0.2) is 43.6 Å². The van der Waals surface area contributed by atoms with E-state index in [-0.39, 0.29) is 24.0 Å². The molecule has 26 heavy (non-hydrogen) atoms. The Hall–Kier alpha value is -1.79. The van der Waals surface area contributed by atoms with Crippen molar-refractivity contribution in [2.75, 3.05) is 37.6 Å². The Labute approximate surface area is 176 Å². The van der Waals surface area contributed by atoms with Crippen molar-refractivity contribution < 1.29 is 0 Å². The van der Waals surface area contributed by atoms with E-state index in [2.05, 4.69) is 45.6 Å². The lowest BCUT2D eigenvalue weighted by Gasteiger charge is -2.37. The lowest BCUT2D eigenvalue weighted by atomic mass is 10.1. The van der Waals surface area contributed by atoms with Gasteiger partial charge in [-0.25, -0.2) is 4.99 Å². The number of nitrogens with zero attached hydrogens (tertiary/aromatic N) is 4. The van der Waals surface area contributed by atoms with Crippen molar-refractivity contribution in [2.24, 2.45) is 4.99 Å². The first kappa shape index (κ1) is 20.5. The maximum absolute atomic E-state index is 9.02. The molecule has 1 saturated heterocycles. The topological polar surface area (TPSA) is 54.7 Å². The van der Waals surface area contributed by atoms with Gasteiger partial charge in [0.05, 0.1) is 23.2 Å². The predicted molar refractivity (Wildman–Crippen MR) is 119 cm³/mol. The van der Waals surface area contributed by atoms with Gasteiger partial charge in [-0.3, -0.25) is 0 Å². The van der Waals surface area contributed by atoms with Gasteiger partial charge in [0.15, 0.2) is 5.96 Å². The van der Waals surface area contributed by atoms with Gasteiger partial charge < -0.3 is 15.1 Å². The van der Waals surface area contributed by atoms with Crippen molar-refractivity contribution in [3.63, 3.8) is 0 Å². The Morgan fingerprint density at radius 3 is 2.69 bits per heavy atom. The summed E-state index contributed by atoms with van der Waals surface area (Å²) < 4.78 is 0. The van der Waals surface area contributed by atoms with Crippen LogP contribution in [0.1, 0.15) is 18.1 Å². The van der Waals surface area contributed by atoms with Gasteiger partial charge in [0.1, 0.15) is 0 Å². The highest BCUT2D eigenvalue weighted by molar-refractivity contribution is 14.0. The monoisotopic (exact) mass is 481 g/mol. The normalized spacial score (nSPS) is 14.5. The number of thiophene rings is 1. The minimum absolute atomic E-state index is 0. The molecule has 0 unspecified atom stereocenters. The van der Waals surface area contributed by atoms with Crippen LogP contribution in [0.4, 0.5) is 5.00 Å². The van der Waals surface area contributed by atoms with E-state index in [0.29, 0.717) is 12.1 Å². The van der Waals surface area contributed by atoms with Crippen LogP contribution in [0.3, 0.4) is 0 Å². The first-order chi connectivity index (χ1) is 12.3. The molecule has 138 valence electrons. The van der Waals surface area contributed by atoms with Crippen LogP contribution in [0.5, 0.6) is 0 Å². The maximum Gasteiger partial charge on any atom is 0.194 e. The van der Waals surface area contributed by atoms with Gasteiger partial charge in [0.2, 0.25) is 0 Å². The molecule has 0 spiro atoms. The molecule has 2 heterocycles. The quantitative estimate of drug-likeness (QED) is 0.413. The number of nitrogens with one attached hydrogen (secondary N) is 1. The summed E-state index contributed by atoms with van der Waals surface area (Å²) >= 11 is 1.80. The summed E-state index contributed by atoms with van der Waals surface area (Å²) in [6, 6.07) is 14.1. The number of piperazine rings is 1. The molecule has 0 radical (unpaired) electrons. The Kier molecular flexibility index (Phi) is 8.19. The highest BCUT2D eigenvalue weighted by Crippen LogP contribution is 2.22. The van der Waals surface area contributed by atoms with E-state index >= 15 is 0 Å². The van der Waals surface area contributed by atoms with E-state index in [4.69, 9.17) is 10.3 Å². The van der Waals surface area contributed by atoms with E-state index in [0.717, 1.165) is 44.2 Å². The molecular formula is C19H24IN5S. The van der Waals surface area contributed by atoms with E-state index in [1.54, 1.807) is 11.3 Å². The molecule has 7 heteroatoms. The summed E-state index contributed by atoms with van der Waals surface area (Å²) in [5, 5.41) is 15.9. The SMILES string of the molecule is CCNC(=NCc1cccc(C#N)c1)N1CCN(c2cccs2)CC1.I. The van der Waals surface area contributed by atoms with Gasteiger partial charge in [0, 0.05) is 32.7 Å². The van der Waals surface area contributed by atoms with Crippen LogP contribution in [0.15, 0.2) is 46.8 Å². The Balaban J connectivity index is 0.00000243. The Bertz CT molecular complexity index is 746. The minimum atomic E-state index is 0. The highest BCUT2D eigenvalue weighted by atomic mass is 127. The van der Waals surface area contributed by atoms with Gasteiger partial charge in [-0.15, -0.1) is 35.3 Å². The fourth-order valence-electron chi connectivity index (χ4n) is 2.92. The fourth-order valence-corrected chi connectivity index (χ4v) is 3.71. The standard InChI is InChI=1S/C19H23N5S.HI/c1-2-21-19(22-15-17-6-3-5-16(13-17)14-20)24-10-8-23(9-11-24)18-7-4-12-25-18;/h3-7,12-13H,2,8-11,15H2,1H3,(H,21,22);1H. The van der Waals surface area contributed by atoms with E-state index in [1.807, 2.05) is 24.3 Å². The van der Waals surface area contributed by atoms with Gasteiger partial charge in [-0.05, 0) is 42.1 Å². The molecule has 0 atom stereocenters. The van der Waals surface area contributed by atoms with Crippen molar-refractivity contribution in [2.45, 2.75) is 13.5 Å². The molecule has 1 aromatic carbocycles. The number of anilines is 1. The molecule has 0 bridgehead atoms. The third-order valence-corrected chi connectivity index (χ3v) is 5.13. The van der Waals surface area contributed by atoms with Crippen LogP contribution >= 0.6 is 35.3 Å². The molecular weight excluding hydrogens is 457 g/mol. The highest BCUT2D eigenvalue weighted by Gasteiger charge is 2.20. The number of aliphatic imine (C=N–C) groups is 1. The number of halogens is 1. The summed E-state index contributed by atoms with van der Waals surface area (Å²) in [7, 11) is 0. The third kappa shape index (κ3) is 5.35. The van der Waals surface area contributed by atoms with Crippen LogP contribution < -0.4 is 10.2 Å². The zero-order valence-corrected chi connectivity index (χ0v) is 18.0. The largest absolute Gasteiger partial charge is 0.360 e. The van der Waals surface area contributed by atoms with E-state index < -0.39 is 0 Å². The summed E-state index contributed by atoms with van der Waals surface area (Å²) in [4.78, 5) is 9.53. The average molecular weight is 481 g/mol. The Morgan fingerprint density at radius 1 is 1.23 bits per heavy atom. The van der Waals surface area contributed by atoms with E-state index in [9.17, 15) is 0 Å². The zero-order valence-electron chi connectivity index (χ0n) is 14.9. The number of hydrogen-bond donors (Lipinski definition) is 1. The minimum Gasteiger partial charge on any atom is -0.360 e. The Morgan fingerprint density at radius 2 is 2.04 bits per heavy atom. The van der Waals surface area contributed by atoms with Crippen LogP contribution in [-0.2, 0) is 6.54 Å². The van der Waals surface area contributed by atoms with Crippen molar-refractivity contribution >= 4 is 46.3 Å². The van der Waals surface area contributed by atoms with Gasteiger partial charge in [-0.1, -0.05) is 12.1 Å².